The summed E-state index contributed by atoms with van der Waals surface area (Å²) in [6.07, 6.45) is 5.19. The maximum absolute atomic E-state index is 6.24. The van der Waals surface area contributed by atoms with E-state index >= 15 is 0 Å². The molecule has 0 saturated carbocycles. The van der Waals surface area contributed by atoms with Crippen LogP contribution >= 0.6 is 11.6 Å². The molecule has 4 aliphatic rings. The van der Waals surface area contributed by atoms with Crippen LogP contribution in [0.1, 0.15) is 18.4 Å². The molecule has 18 heavy (non-hydrogen) atoms. The molecule has 1 spiro atoms. The monoisotopic (exact) mass is 261 g/mol. The molecule has 2 bridgehead atoms. The molecule has 1 aromatic heterocycles. The van der Waals surface area contributed by atoms with Crippen molar-refractivity contribution in [2.75, 3.05) is 19.6 Å². The number of hydrogen-bond donors (Lipinski definition) is 0. The molecule has 3 fully saturated rings. The molecule has 4 aliphatic heterocycles. The second kappa shape index (κ2) is 4.14. The Labute approximate surface area is 114 Å². The van der Waals surface area contributed by atoms with Crippen molar-refractivity contribution < 1.29 is 4.74 Å². The molecule has 1 atom stereocenters. The average Bonchev–Trinajstić information content (AvgIpc) is 2.70. The Morgan fingerprint density at radius 3 is 2.78 bits per heavy atom. The van der Waals surface area contributed by atoms with E-state index in [4.69, 9.17) is 16.3 Å². The Kier molecular flexibility index (Phi) is 2.83. The molecule has 93 valence electrons. The SMILES string of the molecule is Clc1ccnc2c1CC1(CN3CCC1CC3)O2.[B]. The minimum atomic E-state index is -0.0309. The fourth-order valence-corrected chi connectivity index (χ4v) is 3.87. The van der Waals surface area contributed by atoms with Gasteiger partial charge in [0, 0.05) is 39.1 Å². The summed E-state index contributed by atoms with van der Waals surface area (Å²) in [4.78, 5) is 6.84. The largest absolute Gasteiger partial charge is 0.469 e. The van der Waals surface area contributed by atoms with Crippen LogP contribution in [0, 0.1) is 5.92 Å². The van der Waals surface area contributed by atoms with Gasteiger partial charge in [-0.05, 0) is 32.0 Å². The Balaban J connectivity index is 0.000001000. The van der Waals surface area contributed by atoms with E-state index in [0.29, 0.717) is 5.92 Å². The number of ether oxygens (including phenoxy) is 1. The first-order valence-electron chi connectivity index (χ1n) is 6.32. The maximum atomic E-state index is 6.24. The molecular formula is C13H15BClN2O. The van der Waals surface area contributed by atoms with E-state index in [1.165, 1.54) is 25.9 Å². The molecule has 0 N–H and O–H groups in total. The highest BCUT2D eigenvalue weighted by molar-refractivity contribution is 6.31. The van der Waals surface area contributed by atoms with Crippen LogP contribution in [0.4, 0.5) is 0 Å². The van der Waals surface area contributed by atoms with Gasteiger partial charge in [0.15, 0.2) is 0 Å². The molecule has 1 aromatic rings. The molecule has 5 rings (SSSR count). The molecule has 3 saturated heterocycles. The van der Waals surface area contributed by atoms with Gasteiger partial charge in [0.05, 0.1) is 5.02 Å². The second-order valence-corrected chi connectivity index (χ2v) is 5.88. The van der Waals surface area contributed by atoms with Gasteiger partial charge in [-0.2, -0.15) is 0 Å². The van der Waals surface area contributed by atoms with E-state index in [0.717, 1.165) is 29.4 Å². The average molecular weight is 262 g/mol. The number of hydrogen-bond acceptors (Lipinski definition) is 3. The first kappa shape index (κ1) is 12.3. The van der Waals surface area contributed by atoms with Crippen molar-refractivity contribution in [1.29, 1.82) is 0 Å². The standard InChI is InChI=1S/C13H15ClN2O.B/c14-11-1-4-15-12-10(11)7-13(17-12)8-16-5-2-9(13)3-6-16;/h1,4,9H,2-3,5-8H2;. The van der Waals surface area contributed by atoms with E-state index in [1.54, 1.807) is 6.20 Å². The van der Waals surface area contributed by atoms with Crippen molar-refractivity contribution in [3.63, 3.8) is 0 Å². The van der Waals surface area contributed by atoms with Gasteiger partial charge in [-0.15, -0.1) is 0 Å². The summed E-state index contributed by atoms with van der Waals surface area (Å²) in [5.74, 6) is 1.45. The highest BCUT2D eigenvalue weighted by Gasteiger charge is 2.52. The zero-order chi connectivity index (χ0) is 11.5. The maximum Gasteiger partial charge on any atom is 0.218 e. The van der Waals surface area contributed by atoms with Gasteiger partial charge in [-0.25, -0.2) is 4.98 Å². The van der Waals surface area contributed by atoms with Gasteiger partial charge >= 0.3 is 0 Å². The van der Waals surface area contributed by atoms with Crippen LogP contribution in [-0.2, 0) is 6.42 Å². The van der Waals surface area contributed by atoms with Gasteiger partial charge < -0.3 is 4.74 Å². The molecule has 0 aliphatic carbocycles. The van der Waals surface area contributed by atoms with E-state index in [2.05, 4.69) is 9.88 Å². The Morgan fingerprint density at radius 2 is 2.17 bits per heavy atom. The summed E-state index contributed by atoms with van der Waals surface area (Å²) in [5.41, 5.74) is 1.08. The third-order valence-corrected chi connectivity index (χ3v) is 4.91. The zero-order valence-corrected chi connectivity index (χ0v) is 11.0. The first-order valence-corrected chi connectivity index (χ1v) is 6.69. The van der Waals surface area contributed by atoms with Crippen molar-refractivity contribution in [1.82, 2.24) is 9.88 Å². The van der Waals surface area contributed by atoms with Gasteiger partial charge in [-0.1, -0.05) is 11.6 Å². The summed E-state index contributed by atoms with van der Waals surface area (Å²) in [7, 11) is 0. The molecule has 0 aromatic carbocycles. The third kappa shape index (κ3) is 1.59. The van der Waals surface area contributed by atoms with Gasteiger partial charge in [-0.3, -0.25) is 4.90 Å². The highest BCUT2D eigenvalue weighted by atomic mass is 35.5. The van der Waals surface area contributed by atoms with Crippen LogP contribution in [0.2, 0.25) is 5.02 Å². The number of fused-ring (bicyclic) bond motifs is 3. The fourth-order valence-electron chi connectivity index (χ4n) is 3.67. The van der Waals surface area contributed by atoms with E-state index in [9.17, 15) is 0 Å². The number of piperidine rings is 3. The Bertz CT molecular complexity index is 476. The number of aromatic nitrogens is 1. The molecule has 5 heteroatoms. The van der Waals surface area contributed by atoms with Gasteiger partial charge in [0.2, 0.25) is 5.88 Å². The van der Waals surface area contributed by atoms with Crippen LogP contribution in [0.25, 0.3) is 0 Å². The first-order chi connectivity index (χ1) is 8.27. The second-order valence-electron chi connectivity index (χ2n) is 5.47. The van der Waals surface area contributed by atoms with Crippen molar-refractivity contribution >= 4 is 20.0 Å². The lowest BCUT2D eigenvalue weighted by Crippen LogP contribution is -2.61. The predicted molar refractivity (Wildman–Crippen MR) is 71.2 cm³/mol. The van der Waals surface area contributed by atoms with Gasteiger partial charge in [0.25, 0.3) is 0 Å². The summed E-state index contributed by atoms with van der Waals surface area (Å²) in [5, 5.41) is 0.809. The molecule has 3 nitrogen and oxygen atoms in total. The fraction of sp³-hybridized carbons (Fsp3) is 0.615. The lowest BCUT2D eigenvalue weighted by Gasteiger charge is -2.50. The summed E-state index contributed by atoms with van der Waals surface area (Å²) in [6.45, 7) is 3.50. The normalized spacial score (nSPS) is 36.1. The van der Waals surface area contributed by atoms with Crippen LogP contribution < -0.4 is 4.74 Å². The summed E-state index contributed by atoms with van der Waals surface area (Å²) < 4.78 is 6.21. The highest BCUT2D eigenvalue weighted by Crippen LogP contribution is 2.47. The third-order valence-electron chi connectivity index (χ3n) is 4.56. The number of halogens is 1. The topological polar surface area (TPSA) is 25.4 Å². The summed E-state index contributed by atoms with van der Waals surface area (Å²) in [6, 6.07) is 1.87. The Morgan fingerprint density at radius 1 is 1.39 bits per heavy atom. The van der Waals surface area contributed by atoms with E-state index < -0.39 is 0 Å². The minimum absolute atomic E-state index is 0. The van der Waals surface area contributed by atoms with Gasteiger partial charge in [0.1, 0.15) is 5.60 Å². The van der Waals surface area contributed by atoms with Crippen LogP contribution in [-0.4, -0.2) is 43.5 Å². The Hall–Kier alpha value is -0.735. The molecule has 3 radical (unpaired) electrons. The molecular weight excluding hydrogens is 246 g/mol. The lowest BCUT2D eigenvalue weighted by atomic mass is 9.73. The lowest BCUT2D eigenvalue weighted by molar-refractivity contribution is -0.0814. The summed E-state index contributed by atoms with van der Waals surface area (Å²) >= 11 is 6.24. The molecule has 5 heterocycles. The van der Waals surface area contributed by atoms with E-state index in [-0.39, 0.29) is 14.0 Å². The molecule has 1 unspecified atom stereocenters. The van der Waals surface area contributed by atoms with Crippen LogP contribution in [0.3, 0.4) is 0 Å². The van der Waals surface area contributed by atoms with Crippen molar-refractivity contribution in [2.24, 2.45) is 5.92 Å². The predicted octanol–water partition coefficient (Wildman–Crippen LogP) is 1.75. The molecule has 0 amide bonds. The van der Waals surface area contributed by atoms with E-state index in [1.807, 2.05) is 6.07 Å². The minimum Gasteiger partial charge on any atom is -0.469 e. The van der Waals surface area contributed by atoms with Crippen molar-refractivity contribution in [3.05, 3.63) is 22.8 Å². The number of rotatable bonds is 0. The van der Waals surface area contributed by atoms with Crippen LogP contribution in [0.5, 0.6) is 5.88 Å². The number of pyridine rings is 1. The smallest absolute Gasteiger partial charge is 0.218 e. The van der Waals surface area contributed by atoms with Crippen molar-refractivity contribution in [2.45, 2.75) is 24.9 Å². The number of nitrogens with zero attached hydrogens (tertiary/aromatic N) is 2. The quantitative estimate of drug-likeness (QED) is 0.666. The van der Waals surface area contributed by atoms with Crippen molar-refractivity contribution in [3.8, 4) is 5.88 Å². The zero-order valence-electron chi connectivity index (χ0n) is 10.2. The van der Waals surface area contributed by atoms with Crippen LogP contribution in [0.15, 0.2) is 12.3 Å².